The highest BCUT2D eigenvalue weighted by molar-refractivity contribution is 7.88. The Hall–Kier alpha value is -0.620. The van der Waals surface area contributed by atoms with Gasteiger partial charge in [-0.15, -0.1) is 0 Å². The molecule has 0 aromatic rings. The highest BCUT2D eigenvalue weighted by Gasteiger charge is 2.19. The number of hydrogen-bond donors (Lipinski definition) is 1. The van der Waals surface area contributed by atoms with Crippen molar-refractivity contribution < 1.29 is 13.2 Å². The molecule has 1 unspecified atom stereocenters. The lowest BCUT2D eigenvalue weighted by atomic mass is 10.2. The van der Waals surface area contributed by atoms with Crippen molar-refractivity contribution in [2.75, 3.05) is 19.3 Å². The van der Waals surface area contributed by atoms with E-state index in [1.165, 1.54) is 4.31 Å². The van der Waals surface area contributed by atoms with Crippen LogP contribution in [-0.2, 0) is 14.8 Å². The molecule has 0 aliphatic heterocycles. The molecule has 1 N–H and O–H groups in total. The summed E-state index contributed by atoms with van der Waals surface area (Å²) in [6, 6.07) is 0.0792. The van der Waals surface area contributed by atoms with Crippen molar-refractivity contribution in [3.05, 3.63) is 0 Å². The molecule has 0 rings (SSSR count). The summed E-state index contributed by atoms with van der Waals surface area (Å²) in [5.74, 6) is -0.242. The van der Waals surface area contributed by atoms with E-state index >= 15 is 0 Å². The molecule has 0 aliphatic carbocycles. The SMILES string of the molecule is CCCN(CC(=O)NC(C)CC)S(C)(=O)=O. The molecule has 1 amide bonds. The van der Waals surface area contributed by atoms with Crippen LogP contribution in [-0.4, -0.2) is 44.0 Å². The summed E-state index contributed by atoms with van der Waals surface area (Å²) in [7, 11) is -3.29. The molecule has 96 valence electrons. The van der Waals surface area contributed by atoms with Gasteiger partial charge in [-0.05, 0) is 19.8 Å². The van der Waals surface area contributed by atoms with Gasteiger partial charge in [-0.25, -0.2) is 8.42 Å². The third-order valence-electron chi connectivity index (χ3n) is 2.28. The zero-order valence-corrected chi connectivity index (χ0v) is 11.3. The largest absolute Gasteiger partial charge is 0.353 e. The normalized spacial score (nSPS) is 13.8. The standard InChI is InChI=1S/C10H22N2O3S/c1-5-7-12(16(4,14)15)8-10(13)11-9(3)6-2/h9H,5-8H2,1-4H3,(H,11,13). The Balaban J connectivity index is 4.36. The van der Waals surface area contributed by atoms with Gasteiger partial charge in [0.2, 0.25) is 15.9 Å². The minimum absolute atomic E-state index is 0.0792. The minimum atomic E-state index is -3.29. The summed E-state index contributed by atoms with van der Waals surface area (Å²) >= 11 is 0. The molecule has 0 fully saturated rings. The summed E-state index contributed by atoms with van der Waals surface area (Å²) in [5, 5.41) is 2.75. The number of nitrogens with one attached hydrogen (secondary N) is 1. The first kappa shape index (κ1) is 15.4. The Labute approximate surface area is 98.3 Å². The second-order valence-corrected chi connectivity index (χ2v) is 5.96. The summed E-state index contributed by atoms with van der Waals surface area (Å²) in [6.45, 7) is 6.03. The number of carbonyl (C=O) groups is 1. The van der Waals surface area contributed by atoms with Crippen LogP contribution in [0.15, 0.2) is 0 Å². The van der Waals surface area contributed by atoms with Crippen molar-refractivity contribution in [1.29, 1.82) is 0 Å². The lowest BCUT2D eigenvalue weighted by Crippen LogP contribution is -2.43. The van der Waals surface area contributed by atoms with E-state index in [1.54, 1.807) is 0 Å². The third-order valence-corrected chi connectivity index (χ3v) is 3.53. The lowest BCUT2D eigenvalue weighted by molar-refractivity contribution is -0.121. The summed E-state index contributed by atoms with van der Waals surface area (Å²) in [4.78, 5) is 11.5. The lowest BCUT2D eigenvalue weighted by Gasteiger charge is -2.20. The predicted octanol–water partition coefficient (Wildman–Crippen LogP) is 0.573. The summed E-state index contributed by atoms with van der Waals surface area (Å²) in [5.41, 5.74) is 0. The smallest absolute Gasteiger partial charge is 0.235 e. The maximum atomic E-state index is 11.5. The van der Waals surface area contributed by atoms with Crippen molar-refractivity contribution in [2.45, 2.75) is 39.7 Å². The Bertz CT molecular complexity index is 314. The Morgan fingerprint density at radius 2 is 1.94 bits per heavy atom. The number of hydrogen-bond acceptors (Lipinski definition) is 3. The van der Waals surface area contributed by atoms with Crippen LogP contribution in [0, 0.1) is 0 Å². The molecule has 0 aromatic heterocycles. The summed E-state index contributed by atoms with van der Waals surface area (Å²) in [6.07, 6.45) is 2.65. The van der Waals surface area contributed by atoms with Gasteiger partial charge in [0.15, 0.2) is 0 Å². The molecule has 0 heterocycles. The molecule has 5 nitrogen and oxygen atoms in total. The molecule has 0 radical (unpaired) electrons. The van der Waals surface area contributed by atoms with Gasteiger partial charge in [-0.3, -0.25) is 4.79 Å². The fourth-order valence-electron chi connectivity index (χ4n) is 1.19. The van der Waals surface area contributed by atoms with E-state index in [4.69, 9.17) is 0 Å². The molecule has 0 aliphatic rings. The van der Waals surface area contributed by atoms with E-state index < -0.39 is 10.0 Å². The predicted molar refractivity (Wildman–Crippen MR) is 64.6 cm³/mol. The van der Waals surface area contributed by atoms with Crippen LogP contribution >= 0.6 is 0 Å². The molecule has 1 atom stereocenters. The molecule has 0 saturated heterocycles. The average molecular weight is 250 g/mol. The van der Waals surface area contributed by atoms with Gasteiger partial charge in [0, 0.05) is 12.6 Å². The van der Waals surface area contributed by atoms with E-state index in [0.29, 0.717) is 13.0 Å². The average Bonchev–Trinajstić information content (AvgIpc) is 2.15. The molecule has 16 heavy (non-hydrogen) atoms. The second kappa shape index (κ2) is 6.85. The van der Waals surface area contributed by atoms with Gasteiger partial charge in [0.25, 0.3) is 0 Å². The number of sulfonamides is 1. The number of amides is 1. The Kier molecular flexibility index (Phi) is 6.59. The molecular formula is C10H22N2O3S. The van der Waals surface area contributed by atoms with E-state index in [-0.39, 0.29) is 18.5 Å². The molecule has 0 spiro atoms. The number of carbonyl (C=O) groups excluding carboxylic acids is 1. The first-order chi connectivity index (χ1) is 7.31. The van der Waals surface area contributed by atoms with Gasteiger partial charge in [0.05, 0.1) is 12.8 Å². The van der Waals surface area contributed by atoms with Crippen LogP contribution in [0.2, 0.25) is 0 Å². The fourth-order valence-corrected chi connectivity index (χ4v) is 2.06. The minimum Gasteiger partial charge on any atom is -0.353 e. The van der Waals surface area contributed by atoms with Crippen LogP contribution in [0.3, 0.4) is 0 Å². The maximum Gasteiger partial charge on any atom is 0.235 e. The van der Waals surface area contributed by atoms with Gasteiger partial charge in [-0.1, -0.05) is 13.8 Å². The molecular weight excluding hydrogens is 228 g/mol. The van der Waals surface area contributed by atoms with Crippen LogP contribution in [0.4, 0.5) is 0 Å². The van der Waals surface area contributed by atoms with E-state index in [2.05, 4.69) is 5.32 Å². The second-order valence-electron chi connectivity index (χ2n) is 3.97. The quantitative estimate of drug-likeness (QED) is 0.718. The monoisotopic (exact) mass is 250 g/mol. The van der Waals surface area contributed by atoms with Gasteiger partial charge in [0.1, 0.15) is 0 Å². The topological polar surface area (TPSA) is 66.5 Å². The van der Waals surface area contributed by atoms with Crippen LogP contribution in [0.1, 0.15) is 33.6 Å². The number of nitrogens with zero attached hydrogens (tertiary/aromatic N) is 1. The summed E-state index contributed by atoms with van der Waals surface area (Å²) < 4.78 is 23.9. The van der Waals surface area contributed by atoms with E-state index in [9.17, 15) is 13.2 Å². The third kappa shape index (κ3) is 6.07. The maximum absolute atomic E-state index is 11.5. The van der Waals surface area contributed by atoms with Crippen LogP contribution in [0.25, 0.3) is 0 Å². The van der Waals surface area contributed by atoms with Gasteiger partial charge >= 0.3 is 0 Å². The highest BCUT2D eigenvalue weighted by atomic mass is 32.2. The van der Waals surface area contributed by atoms with Crippen molar-refractivity contribution in [1.82, 2.24) is 9.62 Å². The first-order valence-corrected chi connectivity index (χ1v) is 7.40. The van der Waals surface area contributed by atoms with Crippen molar-refractivity contribution in [2.24, 2.45) is 0 Å². The molecule has 0 aromatic carbocycles. The van der Waals surface area contributed by atoms with Crippen molar-refractivity contribution in [3.63, 3.8) is 0 Å². The Morgan fingerprint density at radius 3 is 2.31 bits per heavy atom. The van der Waals surface area contributed by atoms with E-state index in [1.807, 2.05) is 20.8 Å². The van der Waals surface area contributed by atoms with E-state index in [0.717, 1.165) is 12.7 Å². The molecule has 6 heteroatoms. The van der Waals surface area contributed by atoms with Crippen molar-refractivity contribution >= 4 is 15.9 Å². The molecule has 0 bridgehead atoms. The molecule has 0 saturated carbocycles. The first-order valence-electron chi connectivity index (χ1n) is 5.55. The highest BCUT2D eigenvalue weighted by Crippen LogP contribution is 1.99. The van der Waals surface area contributed by atoms with Crippen molar-refractivity contribution in [3.8, 4) is 0 Å². The zero-order valence-electron chi connectivity index (χ0n) is 10.5. The van der Waals surface area contributed by atoms with Crippen LogP contribution in [0.5, 0.6) is 0 Å². The Morgan fingerprint density at radius 1 is 1.38 bits per heavy atom. The van der Waals surface area contributed by atoms with Crippen LogP contribution < -0.4 is 5.32 Å². The fraction of sp³-hybridized carbons (Fsp3) is 0.900. The van der Waals surface area contributed by atoms with Gasteiger partial charge in [-0.2, -0.15) is 4.31 Å². The zero-order chi connectivity index (χ0) is 12.8. The van der Waals surface area contributed by atoms with Gasteiger partial charge < -0.3 is 5.32 Å². The number of rotatable bonds is 7.